The first-order chi connectivity index (χ1) is 12.6. The number of rotatable bonds is 4. The number of ether oxygens (including phenoxy) is 1. The van der Waals surface area contributed by atoms with Gasteiger partial charge in [0.15, 0.2) is 5.78 Å². The van der Waals surface area contributed by atoms with Crippen molar-refractivity contribution in [2.45, 2.75) is 38.5 Å². The van der Waals surface area contributed by atoms with Crippen molar-refractivity contribution in [1.82, 2.24) is 4.98 Å². The van der Waals surface area contributed by atoms with E-state index in [0.717, 1.165) is 53.5 Å². The van der Waals surface area contributed by atoms with Gasteiger partial charge in [0.2, 0.25) is 5.88 Å². The molecule has 0 amide bonds. The van der Waals surface area contributed by atoms with Crippen molar-refractivity contribution in [3.63, 3.8) is 0 Å². The second-order valence-corrected chi connectivity index (χ2v) is 8.68. The highest BCUT2D eigenvalue weighted by Crippen LogP contribution is 2.60. The highest BCUT2D eigenvalue weighted by molar-refractivity contribution is 5.99. The number of benzene rings is 1. The van der Waals surface area contributed by atoms with Crippen LogP contribution in [0.5, 0.6) is 5.88 Å². The fourth-order valence-electron chi connectivity index (χ4n) is 6.15. The Hall–Kier alpha value is -2.16. The lowest BCUT2D eigenvalue weighted by Crippen LogP contribution is -2.49. The number of nitrogens with zero attached hydrogens (tertiary/aromatic N) is 1. The van der Waals surface area contributed by atoms with Gasteiger partial charge in [-0.05, 0) is 80.6 Å². The minimum Gasteiger partial charge on any atom is -0.481 e. The quantitative estimate of drug-likeness (QED) is 0.727. The van der Waals surface area contributed by atoms with E-state index in [0.29, 0.717) is 11.7 Å². The molecule has 26 heavy (non-hydrogen) atoms. The summed E-state index contributed by atoms with van der Waals surface area (Å²) in [5.74, 6) is 3.27. The van der Waals surface area contributed by atoms with Gasteiger partial charge in [0, 0.05) is 16.4 Å². The fraction of sp³-hybridized carbons (Fsp3) is 0.478. The van der Waals surface area contributed by atoms with Crippen LogP contribution in [0.3, 0.4) is 0 Å². The van der Waals surface area contributed by atoms with E-state index in [-0.39, 0.29) is 5.41 Å². The van der Waals surface area contributed by atoms with Crippen LogP contribution in [0, 0.1) is 23.2 Å². The van der Waals surface area contributed by atoms with Gasteiger partial charge in [-0.3, -0.25) is 4.79 Å². The normalized spacial score (nSPS) is 32.4. The summed E-state index contributed by atoms with van der Waals surface area (Å²) in [6.45, 7) is 0. The largest absolute Gasteiger partial charge is 0.481 e. The number of aromatic nitrogens is 1. The lowest BCUT2D eigenvalue weighted by Gasteiger charge is -2.55. The second kappa shape index (κ2) is 5.94. The Morgan fingerprint density at radius 1 is 1.12 bits per heavy atom. The minimum atomic E-state index is -0.0806. The third-order valence-corrected chi connectivity index (χ3v) is 6.89. The number of allylic oxidation sites excluding steroid dienone is 1. The highest BCUT2D eigenvalue weighted by atomic mass is 16.5. The predicted octanol–water partition coefficient (Wildman–Crippen LogP) is 5.04. The molecule has 0 radical (unpaired) electrons. The standard InChI is InChI=1S/C23H25NO2/c1-26-22-19(11-18-4-2-3-5-20(18)24-22)6-7-21(25)23-12-15-8-16(13-23)10-17(9-15)14-23/h2-7,11,15-17H,8-10,12-14H2,1H3. The molecule has 1 aromatic carbocycles. The summed E-state index contributed by atoms with van der Waals surface area (Å²) in [5, 5.41) is 1.07. The van der Waals surface area contributed by atoms with Crippen LogP contribution in [0.4, 0.5) is 0 Å². The van der Waals surface area contributed by atoms with E-state index in [1.54, 1.807) is 13.2 Å². The Kier molecular flexibility index (Phi) is 3.66. The van der Waals surface area contributed by atoms with Gasteiger partial charge in [0.1, 0.15) is 0 Å². The molecule has 6 rings (SSSR count). The minimum absolute atomic E-state index is 0.0806. The summed E-state index contributed by atoms with van der Waals surface area (Å²) in [4.78, 5) is 17.8. The van der Waals surface area contributed by atoms with Gasteiger partial charge in [-0.15, -0.1) is 0 Å². The first-order valence-electron chi connectivity index (χ1n) is 9.81. The van der Waals surface area contributed by atoms with Crippen molar-refractivity contribution < 1.29 is 9.53 Å². The van der Waals surface area contributed by atoms with Crippen LogP contribution in [0.1, 0.15) is 44.1 Å². The Balaban J connectivity index is 1.45. The van der Waals surface area contributed by atoms with Crippen molar-refractivity contribution >= 4 is 22.8 Å². The van der Waals surface area contributed by atoms with Crippen LogP contribution in [-0.2, 0) is 4.79 Å². The Bertz CT molecular complexity index is 863. The number of hydrogen-bond acceptors (Lipinski definition) is 3. The molecule has 4 aliphatic rings. The van der Waals surface area contributed by atoms with Gasteiger partial charge in [0.25, 0.3) is 0 Å². The first-order valence-corrected chi connectivity index (χ1v) is 9.81. The molecule has 1 heterocycles. The zero-order chi connectivity index (χ0) is 17.7. The molecule has 3 heteroatoms. The smallest absolute Gasteiger partial charge is 0.221 e. The molecule has 3 nitrogen and oxygen atoms in total. The maximum absolute atomic E-state index is 13.2. The van der Waals surface area contributed by atoms with E-state index < -0.39 is 0 Å². The molecule has 4 aliphatic carbocycles. The van der Waals surface area contributed by atoms with Crippen molar-refractivity contribution in [2.75, 3.05) is 7.11 Å². The summed E-state index contributed by atoms with van der Waals surface area (Å²) in [5.41, 5.74) is 1.71. The first kappa shape index (κ1) is 16.0. The van der Waals surface area contributed by atoms with Crippen molar-refractivity contribution in [3.05, 3.63) is 42.0 Å². The van der Waals surface area contributed by atoms with Gasteiger partial charge >= 0.3 is 0 Å². The predicted molar refractivity (Wildman–Crippen MR) is 103 cm³/mol. The van der Waals surface area contributed by atoms with Crippen LogP contribution in [0.25, 0.3) is 17.0 Å². The number of pyridine rings is 1. The maximum Gasteiger partial charge on any atom is 0.221 e. The van der Waals surface area contributed by atoms with Crippen molar-refractivity contribution in [2.24, 2.45) is 23.2 Å². The average molecular weight is 347 g/mol. The van der Waals surface area contributed by atoms with Crippen LogP contribution < -0.4 is 4.74 Å². The number of ketones is 1. The van der Waals surface area contributed by atoms with Gasteiger partial charge in [-0.1, -0.05) is 18.2 Å². The molecular formula is C23H25NO2. The SMILES string of the molecule is COc1nc2ccccc2cc1C=CC(=O)C12CC3CC(CC(C3)C1)C2. The summed E-state index contributed by atoms with van der Waals surface area (Å²) in [6.07, 6.45) is 11.1. The van der Waals surface area contributed by atoms with E-state index in [9.17, 15) is 4.79 Å². The molecule has 4 fully saturated rings. The molecule has 4 bridgehead atoms. The van der Waals surface area contributed by atoms with E-state index in [2.05, 4.69) is 11.1 Å². The molecule has 0 atom stereocenters. The third kappa shape index (κ3) is 2.56. The molecule has 0 saturated heterocycles. The highest BCUT2D eigenvalue weighted by Gasteiger charge is 2.53. The maximum atomic E-state index is 13.2. The van der Waals surface area contributed by atoms with E-state index >= 15 is 0 Å². The van der Waals surface area contributed by atoms with Crippen molar-refractivity contribution in [1.29, 1.82) is 0 Å². The van der Waals surface area contributed by atoms with Crippen molar-refractivity contribution in [3.8, 4) is 5.88 Å². The van der Waals surface area contributed by atoms with Crippen LogP contribution in [0.2, 0.25) is 0 Å². The summed E-state index contributed by atoms with van der Waals surface area (Å²) in [7, 11) is 1.63. The summed E-state index contributed by atoms with van der Waals surface area (Å²) in [6, 6.07) is 10.1. The van der Waals surface area contributed by atoms with E-state index in [4.69, 9.17) is 4.74 Å². The van der Waals surface area contributed by atoms with Crippen LogP contribution in [0.15, 0.2) is 36.4 Å². The lowest BCUT2D eigenvalue weighted by molar-refractivity contribution is -0.138. The van der Waals surface area contributed by atoms with Crippen LogP contribution >= 0.6 is 0 Å². The van der Waals surface area contributed by atoms with E-state index in [1.807, 2.05) is 30.3 Å². The number of carbonyl (C=O) groups excluding carboxylic acids is 1. The Morgan fingerprint density at radius 2 is 1.77 bits per heavy atom. The molecular weight excluding hydrogens is 322 g/mol. The van der Waals surface area contributed by atoms with Gasteiger partial charge < -0.3 is 4.74 Å². The average Bonchev–Trinajstić information content (AvgIpc) is 2.64. The molecule has 0 unspecified atom stereocenters. The molecule has 0 aliphatic heterocycles. The molecule has 2 aromatic rings. The molecule has 4 saturated carbocycles. The number of hydrogen-bond donors (Lipinski definition) is 0. The van der Waals surface area contributed by atoms with Gasteiger partial charge in [-0.2, -0.15) is 0 Å². The molecule has 0 N–H and O–H groups in total. The zero-order valence-electron chi connectivity index (χ0n) is 15.3. The van der Waals surface area contributed by atoms with E-state index in [1.165, 1.54) is 19.3 Å². The number of methoxy groups -OCH3 is 1. The Labute approximate surface area is 154 Å². The molecule has 1 aromatic heterocycles. The lowest BCUT2D eigenvalue weighted by atomic mass is 9.48. The molecule has 134 valence electrons. The molecule has 0 spiro atoms. The second-order valence-electron chi connectivity index (χ2n) is 8.68. The monoisotopic (exact) mass is 347 g/mol. The number of fused-ring (bicyclic) bond motifs is 1. The van der Waals surface area contributed by atoms with Crippen LogP contribution in [-0.4, -0.2) is 17.9 Å². The van der Waals surface area contributed by atoms with Gasteiger partial charge in [-0.25, -0.2) is 4.98 Å². The zero-order valence-corrected chi connectivity index (χ0v) is 15.3. The third-order valence-electron chi connectivity index (χ3n) is 6.89. The van der Waals surface area contributed by atoms with Gasteiger partial charge in [0.05, 0.1) is 12.6 Å². The number of carbonyl (C=O) groups is 1. The number of para-hydroxylation sites is 1. The summed E-state index contributed by atoms with van der Waals surface area (Å²) >= 11 is 0. The Morgan fingerprint density at radius 3 is 2.42 bits per heavy atom. The fourth-order valence-corrected chi connectivity index (χ4v) is 6.15. The summed E-state index contributed by atoms with van der Waals surface area (Å²) < 4.78 is 5.46. The topological polar surface area (TPSA) is 39.2 Å².